The van der Waals surface area contributed by atoms with Gasteiger partial charge in [-0.3, -0.25) is 0 Å². The molecule has 0 radical (unpaired) electrons. The molecule has 0 aromatic heterocycles. The number of benzene rings is 2. The molecule has 0 bridgehead atoms. The highest BCUT2D eigenvalue weighted by Gasteiger charge is 2.19. The fraction of sp³-hybridized carbons (Fsp3) is 0.368. The largest absolute Gasteiger partial charge is 0.398 e. The molecule has 0 amide bonds. The summed E-state index contributed by atoms with van der Waals surface area (Å²) in [4.78, 5) is 0. The molecule has 2 nitrogen and oxygen atoms in total. The van der Waals surface area contributed by atoms with Crippen LogP contribution in [-0.4, -0.2) is 6.04 Å². The van der Waals surface area contributed by atoms with Gasteiger partial charge in [0, 0.05) is 11.7 Å². The molecule has 4 N–H and O–H groups in total. The van der Waals surface area contributed by atoms with Crippen molar-refractivity contribution >= 4 is 5.69 Å². The third kappa shape index (κ3) is 3.11. The number of anilines is 1. The van der Waals surface area contributed by atoms with E-state index in [-0.39, 0.29) is 0 Å². The van der Waals surface area contributed by atoms with Crippen LogP contribution in [0.2, 0.25) is 0 Å². The zero-order valence-electron chi connectivity index (χ0n) is 12.7. The molecule has 0 unspecified atom stereocenters. The zero-order chi connectivity index (χ0) is 14.8. The fourth-order valence-electron chi connectivity index (χ4n) is 3.22. The number of nitrogen functional groups attached to an aromatic ring is 1. The number of rotatable bonds is 2. The van der Waals surface area contributed by atoms with E-state index in [0.29, 0.717) is 12.0 Å². The summed E-state index contributed by atoms with van der Waals surface area (Å²) < 4.78 is 0. The molecule has 2 aromatic rings. The summed E-state index contributed by atoms with van der Waals surface area (Å²) in [5.74, 6) is 0.682. The Bertz CT molecular complexity index is 608. The van der Waals surface area contributed by atoms with Crippen LogP contribution in [0.3, 0.4) is 0 Å². The van der Waals surface area contributed by atoms with E-state index >= 15 is 0 Å². The Morgan fingerprint density at radius 3 is 2.10 bits per heavy atom. The molecule has 2 heteroatoms. The molecular formula is C19H24N2. The lowest BCUT2D eigenvalue weighted by Crippen LogP contribution is -2.25. The molecule has 1 fully saturated rings. The van der Waals surface area contributed by atoms with Crippen molar-refractivity contribution in [2.45, 2.75) is 44.6 Å². The van der Waals surface area contributed by atoms with Gasteiger partial charge in [-0.1, -0.05) is 36.4 Å². The van der Waals surface area contributed by atoms with Crippen molar-refractivity contribution < 1.29 is 0 Å². The van der Waals surface area contributed by atoms with E-state index in [1.54, 1.807) is 0 Å². The van der Waals surface area contributed by atoms with Crippen LogP contribution in [0.1, 0.15) is 42.7 Å². The van der Waals surface area contributed by atoms with Crippen molar-refractivity contribution in [3.05, 3.63) is 53.6 Å². The molecule has 0 aliphatic heterocycles. The number of hydrogen-bond donors (Lipinski definition) is 2. The van der Waals surface area contributed by atoms with E-state index in [4.69, 9.17) is 11.5 Å². The maximum Gasteiger partial charge on any atom is 0.0349 e. The van der Waals surface area contributed by atoms with E-state index in [0.717, 1.165) is 24.1 Å². The summed E-state index contributed by atoms with van der Waals surface area (Å²) in [5.41, 5.74) is 17.9. The summed E-state index contributed by atoms with van der Waals surface area (Å²) in [5, 5.41) is 0. The second-order valence-electron chi connectivity index (χ2n) is 6.31. The first-order chi connectivity index (χ1) is 10.1. The summed E-state index contributed by atoms with van der Waals surface area (Å²) in [7, 11) is 0. The molecule has 110 valence electrons. The number of nitrogens with two attached hydrogens (primary N) is 2. The summed E-state index contributed by atoms with van der Waals surface area (Å²) in [6, 6.07) is 15.7. The first-order valence-corrected chi connectivity index (χ1v) is 7.85. The van der Waals surface area contributed by atoms with E-state index in [2.05, 4.69) is 42.5 Å². The molecule has 3 rings (SSSR count). The van der Waals surface area contributed by atoms with E-state index < -0.39 is 0 Å². The second kappa shape index (κ2) is 5.90. The quantitative estimate of drug-likeness (QED) is 0.809. The van der Waals surface area contributed by atoms with Crippen LogP contribution in [0.5, 0.6) is 0 Å². The predicted molar refractivity (Wildman–Crippen MR) is 90.2 cm³/mol. The highest BCUT2D eigenvalue weighted by molar-refractivity contribution is 5.69. The van der Waals surface area contributed by atoms with Crippen molar-refractivity contribution in [2.24, 2.45) is 5.73 Å². The average molecular weight is 280 g/mol. The normalized spacial score (nSPS) is 22.2. The van der Waals surface area contributed by atoms with Crippen LogP contribution in [0, 0.1) is 6.92 Å². The monoisotopic (exact) mass is 280 g/mol. The number of aryl methyl sites for hydroxylation is 1. The second-order valence-corrected chi connectivity index (χ2v) is 6.31. The lowest BCUT2D eigenvalue weighted by Gasteiger charge is -2.26. The van der Waals surface area contributed by atoms with E-state index in [9.17, 15) is 0 Å². The molecule has 21 heavy (non-hydrogen) atoms. The van der Waals surface area contributed by atoms with Gasteiger partial charge >= 0.3 is 0 Å². The van der Waals surface area contributed by atoms with Gasteiger partial charge in [-0.15, -0.1) is 0 Å². The molecule has 2 aromatic carbocycles. The van der Waals surface area contributed by atoms with E-state index in [1.807, 2.05) is 6.92 Å². The molecular weight excluding hydrogens is 256 g/mol. The van der Waals surface area contributed by atoms with Gasteiger partial charge in [0.15, 0.2) is 0 Å². The zero-order valence-corrected chi connectivity index (χ0v) is 12.7. The first-order valence-electron chi connectivity index (χ1n) is 7.85. The molecule has 1 aliphatic carbocycles. The lowest BCUT2D eigenvalue weighted by molar-refractivity contribution is 0.395. The van der Waals surface area contributed by atoms with Gasteiger partial charge in [0.25, 0.3) is 0 Å². The standard InChI is InChI=1S/C19H24N2/c1-13-2-3-17(12-19(13)21)16-6-4-14(5-7-16)15-8-10-18(20)11-9-15/h2-7,12,15,18H,8-11,20-21H2,1H3. The summed E-state index contributed by atoms with van der Waals surface area (Å²) in [6.07, 6.45) is 4.75. The third-order valence-corrected chi connectivity index (χ3v) is 4.77. The van der Waals surface area contributed by atoms with Gasteiger partial charge in [0.2, 0.25) is 0 Å². The van der Waals surface area contributed by atoms with Crippen LogP contribution < -0.4 is 11.5 Å². The maximum atomic E-state index is 6.01. The van der Waals surface area contributed by atoms with Crippen molar-refractivity contribution in [1.82, 2.24) is 0 Å². The third-order valence-electron chi connectivity index (χ3n) is 4.77. The summed E-state index contributed by atoms with van der Waals surface area (Å²) >= 11 is 0. The SMILES string of the molecule is Cc1ccc(-c2ccc(C3CCC(N)CC3)cc2)cc1N. The van der Waals surface area contributed by atoms with Crippen LogP contribution in [0.15, 0.2) is 42.5 Å². The molecule has 1 aliphatic rings. The van der Waals surface area contributed by atoms with Crippen molar-refractivity contribution in [3.8, 4) is 11.1 Å². The van der Waals surface area contributed by atoms with Crippen LogP contribution in [0.25, 0.3) is 11.1 Å². The topological polar surface area (TPSA) is 52.0 Å². The predicted octanol–water partition coefficient (Wildman–Crippen LogP) is 4.23. The van der Waals surface area contributed by atoms with Gasteiger partial charge in [0.05, 0.1) is 0 Å². The highest BCUT2D eigenvalue weighted by atomic mass is 14.6. The lowest BCUT2D eigenvalue weighted by atomic mass is 9.82. The molecule has 0 spiro atoms. The van der Waals surface area contributed by atoms with E-state index in [1.165, 1.54) is 29.5 Å². The van der Waals surface area contributed by atoms with Crippen LogP contribution >= 0.6 is 0 Å². The maximum absolute atomic E-state index is 6.01. The van der Waals surface area contributed by atoms with Gasteiger partial charge in [-0.25, -0.2) is 0 Å². The Morgan fingerprint density at radius 1 is 0.857 bits per heavy atom. The van der Waals surface area contributed by atoms with Gasteiger partial charge in [-0.2, -0.15) is 0 Å². The summed E-state index contributed by atoms with van der Waals surface area (Å²) in [6.45, 7) is 2.04. The van der Waals surface area contributed by atoms with Crippen molar-refractivity contribution in [3.63, 3.8) is 0 Å². The molecule has 0 atom stereocenters. The Balaban J connectivity index is 1.79. The average Bonchev–Trinajstić information content (AvgIpc) is 2.51. The Labute approximate surface area is 127 Å². The minimum atomic E-state index is 0.413. The Hall–Kier alpha value is -1.80. The van der Waals surface area contributed by atoms with Gasteiger partial charge in [0.1, 0.15) is 0 Å². The number of hydrogen-bond acceptors (Lipinski definition) is 2. The Morgan fingerprint density at radius 2 is 1.48 bits per heavy atom. The minimum absolute atomic E-state index is 0.413. The molecule has 1 saturated carbocycles. The first kappa shape index (κ1) is 14.2. The Kier molecular flexibility index (Phi) is 3.98. The van der Waals surface area contributed by atoms with Crippen LogP contribution in [-0.2, 0) is 0 Å². The van der Waals surface area contributed by atoms with Crippen molar-refractivity contribution in [2.75, 3.05) is 5.73 Å². The van der Waals surface area contributed by atoms with Gasteiger partial charge < -0.3 is 11.5 Å². The highest BCUT2D eigenvalue weighted by Crippen LogP contribution is 2.33. The fourth-order valence-corrected chi connectivity index (χ4v) is 3.22. The smallest absolute Gasteiger partial charge is 0.0349 e. The van der Waals surface area contributed by atoms with Gasteiger partial charge in [-0.05, 0) is 66.8 Å². The minimum Gasteiger partial charge on any atom is -0.398 e. The van der Waals surface area contributed by atoms with Crippen LogP contribution in [0.4, 0.5) is 5.69 Å². The molecule has 0 heterocycles. The van der Waals surface area contributed by atoms with Crippen molar-refractivity contribution in [1.29, 1.82) is 0 Å². The molecule has 0 saturated heterocycles.